The fraction of sp³-hybridized carbons (Fsp3) is 0.450. The number of carbonyl (C=O) groups is 2. The molecule has 1 aromatic carbocycles. The van der Waals surface area contributed by atoms with Gasteiger partial charge in [0.05, 0.1) is 0 Å². The fourth-order valence-corrected chi connectivity index (χ4v) is 3.19. The molecule has 1 radical (unpaired) electrons. The Morgan fingerprint density at radius 3 is 2.04 bits per heavy atom. The summed E-state index contributed by atoms with van der Waals surface area (Å²) in [4.78, 5) is 24.3. The molecule has 1 heterocycles. The van der Waals surface area contributed by atoms with E-state index in [9.17, 15) is 9.59 Å². The van der Waals surface area contributed by atoms with E-state index in [1.165, 1.54) is 16.8 Å². The van der Waals surface area contributed by atoms with Crippen LogP contribution in [-0.2, 0) is 47.2 Å². The molecule has 0 bridgehead atoms. The molecule has 0 saturated heterocycles. The molecule has 27 heavy (non-hydrogen) atoms. The van der Waals surface area contributed by atoms with Gasteiger partial charge in [-0.05, 0) is 5.56 Å². The summed E-state index contributed by atoms with van der Waals surface area (Å²) >= 11 is 1.28. The first-order valence-corrected chi connectivity index (χ1v) is 9.02. The summed E-state index contributed by atoms with van der Waals surface area (Å²) in [6.07, 6.45) is 0. The Morgan fingerprint density at radius 2 is 1.59 bits per heavy atom. The van der Waals surface area contributed by atoms with Crippen LogP contribution in [0, 0.1) is 25.2 Å². The van der Waals surface area contributed by atoms with E-state index in [0.29, 0.717) is 5.17 Å². The molecule has 147 valence electrons. The number of thioether (sulfide) groups is 1. The quantitative estimate of drug-likeness (QED) is 0.635. The molecule has 0 saturated carbocycles. The molecular formula is C20H29N3O2SY-2. The van der Waals surface area contributed by atoms with E-state index in [1.807, 2.05) is 71.9 Å². The van der Waals surface area contributed by atoms with Crippen molar-refractivity contribution in [1.82, 2.24) is 10.3 Å². The van der Waals surface area contributed by atoms with Crippen molar-refractivity contribution < 1.29 is 42.3 Å². The minimum absolute atomic E-state index is 0. The Kier molecular flexibility index (Phi) is 8.94. The molecule has 1 N–H and O–H groups in total. The Labute approximate surface area is 193 Å². The Balaban J connectivity index is 0.00000338. The van der Waals surface area contributed by atoms with Gasteiger partial charge in [0.25, 0.3) is 0 Å². The number of hydrogen-bond acceptors (Lipinski definition) is 4. The average Bonchev–Trinajstić information content (AvgIpc) is 2.83. The van der Waals surface area contributed by atoms with Gasteiger partial charge in [0.1, 0.15) is 0 Å². The van der Waals surface area contributed by atoms with Crippen molar-refractivity contribution in [3.8, 4) is 0 Å². The first-order chi connectivity index (χ1) is 11.4. The van der Waals surface area contributed by atoms with Crippen molar-refractivity contribution in [3.63, 3.8) is 0 Å². The van der Waals surface area contributed by atoms with Crippen LogP contribution < -0.4 is 5.32 Å². The molecule has 5 nitrogen and oxygen atoms in total. The summed E-state index contributed by atoms with van der Waals surface area (Å²) in [5, 5.41) is 9.01. The molecule has 0 spiro atoms. The van der Waals surface area contributed by atoms with Crippen molar-refractivity contribution in [2.75, 3.05) is 0 Å². The molecule has 0 fully saturated rings. The smallest absolute Gasteiger partial charge is 0.247 e. The molecule has 1 aliphatic rings. The SMILES string of the molecule is [CH2-]C1(c2ccccc2)SC(NC(=O)C(C)(C)C)=NN1C(=O)C(C)(C)C.[CH3-].[Y]. The second-order valence-corrected chi connectivity index (χ2v) is 9.49. The molecule has 2 amide bonds. The third-order valence-electron chi connectivity index (χ3n) is 3.76. The largest absolute Gasteiger partial charge is 0.358 e. The minimum atomic E-state index is -0.952. The van der Waals surface area contributed by atoms with Crippen LogP contribution in [0.1, 0.15) is 47.1 Å². The van der Waals surface area contributed by atoms with Gasteiger partial charge in [-0.1, -0.05) is 83.6 Å². The van der Waals surface area contributed by atoms with Crippen LogP contribution in [0.2, 0.25) is 0 Å². The predicted octanol–water partition coefficient (Wildman–Crippen LogP) is 4.18. The second kappa shape index (κ2) is 9.19. The molecule has 0 aromatic heterocycles. The Bertz CT molecular complexity index is 708. The average molecular weight is 464 g/mol. The van der Waals surface area contributed by atoms with Gasteiger partial charge in [-0.2, -0.15) is 0 Å². The van der Waals surface area contributed by atoms with Gasteiger partial charge in [0.15, 0.2) is 5.17 Å². The van der Waals surface area contributed by atoms with E-state index >= 15 is 0 Å². The van der Waals surface area contributed by atoms with Crippen molar-refractivity contribution in [3.05, 3.63) is 50.2 Å². The van der Waals surface area contributed by atoms with E-state index in [0.717, 1.165) is 5.56 Å². The maximum absolute atomic E-state index is 12.9. The minimum Gasteiger partial charge on any atom is -0.358 e. The van der Waals surface area contributed by atoms with Crippen LogP contribution in [0.5, 0.6) is 0 Å². The van der Waals surface area contributed by atoms with Gasteiger partial charge in [0, 0.05) is 48.4 Å². The maximum atomic E-state index is 12.9. The topological polar surface area (TPSA) is 61.8 Å². The Morgan fingerprint density at radius 1 is 1.07 bits per heavy atom. The molecular weight excluding hydrogens is 435 g/mol. The predicted molar refractivity (Wildman–Crippen MR) is 109 cm³/mol. The van der Waals surface area contributed by atoms with Gasteiger partial charge in [-0.15, -0.1) is 5.10 Å². The number of nitrogens with zero attached hydrogens (tertiary/aromatic N) is 2. The van der Waals surface area contributed by atoms with E-state index in [2.05, 4.69) is 17.3 Å². The van der Waals surface area contributed by atoms with Gasteiger partial charge < -0.3 is 19.7 Å². The number of carbonyl (C=O) groups excluding carboxylic acids is 2. The molecule has 1 unspecified atom stereocenters. The van der Waals surface area contributed by atoms with Crippen LogP contribution >= 0.6 is 11.8 Å². The summed E-state index contributed by atoms with van der Waals surface area (Å²) in [7, 11) is 0. The zero-order chi connectivity index (χ0) is 19.0. The maximum Gasteiger partial charge on any atom is 0.247 e. The summed E-state index contributed by atoms with van der Waals surface area (Å²) in [6.45, 7) is 15.3. The normalized spacial score (nSPS) is 19.5. The number of hydrogen-bond donors (Lipinski definition) is 1. The zero-order valence-electron chi connectivity index (χ0n) is 17.3. The second-order valence-electron chi connectivity index (χ2n) is 8.23. The number of nitrogens with one attached hydrogen (secondary N) is 1. The molecule has 1 aliphatic heterocycles. The van der Waals surface area contributed by atoms with Gasteiger partial charge in [0.2, 0.25) is 11.8 Å². The zero-order valence-corrected chi connectivity index (χ0v) is 20.9. The third kappa shape index (κ3) is 5.88. The summed E-state index contributed by atoms with van der Waals surface area (Å²) in [5.41, 5.74) is -0.326. The van der Waals surface area contributed by atoms with E-state index in [4.69, 9.17) is 0 Å². The van der Waals surface area contributed by atoms with Crippen LogP contribution in [0.3, 0.4) is 0 Å². The number of rotatable bonds is 1. The summed E-state index contributed by atoms with van der Waals surface area (Å²) < 4.78 is 0. The third-order valence-corrected chi connectivity index (χ3v) is 4.88. The van der Waals surface area contributed by atoms with Gasteiger partial charge >= 0.3 is 0 Å². The van der Waals surface area contributed by atoms with Crippen LogP contribution in [-0.4, -0.2) is 22.0 Å². The van der Waals surface area contributed by atoms with E-state index < -0.39 is 15.7 Å². The molecule has 7 heteroatoms. The fourth-order valence-electron chi connectivity index (χ4n) is 2.14. The van der Waals surface area contributed by atoms with Crippen LogP contribution in [0.15, 0.2) is 35.4 Å². The van der Waals surface area contributed by atoms with Crippen LogP contribution in [0.4, 0.5) is 0 Å². The van der Waals surface area contributed by atoms with Crippen molar-refractivity contribution in [2.45, 2.75) is 46.4 Å². The summed E-state index contributed by atoms with van der Waals surface area (Å²) in [6, 6.07) is 9.52. The number of amidine groups is 1. The first-order valence-electron chi connectivity index (χ1n) is 8.20. The van der Waals surface area contributed by atoms with Crippen molar-refractivity contribution in [2.24, 2.45) is 15.9 Å². The number of hydrazone groups is 1. The molecule has 2 rings (SSSR count). The monoisotopic (exact) mass is 464 g/mol. The van der Waals surface area contributed by atoms with Gasteiger partial charge in [-0.25, -0.2) is 5.01 Å². The number of amides is 2. The van der Waals surface area contributed by atoms with Crippen molar-refractivity contribution in [1.29, 1.82) is 0 Å². The summed E-state index contributed by atoms with van der Waals surface area (Å²) in [5.74, 6) is -0.307. The van der Waals surface area contributed by atoms with E-state index in [1.54, 1.807) is 0 Å². The molecule has 1 aromatic rings. The van der Waals surface area contributed by atoms with Crippen molar-refractivity contribution >= 4 is 28.7 Å². The molecule has 0 aliphatic carbocycles. The standard InChI is InChI=1S/C19H26N3O2S.CH3.Y/c1-17(2,3)14(23)20-16-21-22(15(24)18(4,5)6)19(7,25-16)13-11-9-8-10-12-13;;/h8-12H,7H2,1-6H3,(H,20,21,23);1H3;/q2*-1;. The van der Waals surface area contributed by atoms with E-state index in [-0.39, 0.29) is 52.0 Å². The van der Waals surface area contributed by atoms with Crippen LogP contribution in [0.25, 0.3) is 0 Å². The first kappa shape index (κ1) is 26.3. The molecule has 1 atom stereocenters. The number of benzene rings is 1. The van der Waals surface area contributed by atoms with Gasteiger partial charge in [-0.3, -0.25) is 9.59 Å². The Hall–Kier alpha value is -0.716.